The number of rotatable bonds is 1. The fourth-order valence-corrected chi connectivity index (χ4v) is 1.63. The Morgan fingerprint density at radius 2 is 2.07 bits per heavy atom. The van der Waals surface area contributed by atoms with Gasteiger partial charge in [-0.05, 0) is 6.07 Å². The van der Waals surface area contributed by atoms with Crippen molar-refractivity contribution < 1.29 is 0 Å². The van der Waals surface area contributed by atoms with Gasteiger partial charge in [0.15, 0.2) is 10.3 Å². The Hall–Kier alpha value is -1.33. The molecule has 7 heteroatoms. The maximum absolute atomic E-state index is 5.90. The summed E-state index contributed by atoms with van der Waals surface area (Å²) in [5, 5.41) is 11.8. The van der Waals surface area contributed by atoms with Crippen LogP contribution in [0.1, 0.15) is 0 Å². The van der Waals surface area contributed by atoms with E-state index < -0.39 is 0 Å². The summed E-state index contributed by atoms with van der Waals surface area (Å²) in [6.07, 6.45) is 1.54. The van der Waals surface area contributed by atoms with Crippen LogP contribution in [0.2, 0.25) is 10.3 Å². The van der Waals surface area contributed by atoms with Crippen LogP contribution in [0.15, 0.2) is 12.3 Å². The van der Waals surface area contributed by atoms with Crippen molar-refractivity contribution in [2.45, 2.75) is 0 Å². The predicted molar refractivity (Wildman–Crippen MR) is 58.7 cm³/mol. The first-order chi connectivity index (χ1) is 7.09. The second-order valence-electron chi connectivity index (χ2n) is 2.94. The molecule has 0 amide bonds. The molecular weight excluding hydrogens is 237 g/mol. The topological polar surface area (TPSA) is 69.6 Å². The van der Waals surface area contributed by atoms with E-state index in [-0.39, 0.29) is 10.3 Å². The van der Waals surface area contributed by atoms with Crippen molar-refractivity contribution in [3.05, 3.63) is 22.6 Å². The lowest BCUT2D eigenvalue weighted by Gasteiger charge is -2.04. The molecule has 2 heterocycles. The summed E-state index contributed by atoms with van der Waals surface area (Å²) >= 11 is 11.6. The fourth-order valence-electron chi connectivity index (χ4n) is 1.30. The highest BCUT2D eigenvalue weighted by Gasteiger charge is 2.13. The first kappa shape index (κ1) is 10.2. The maximum atomic E-state index is 5.90. The smallest absolute Gasteiger partial charge is 0.161 e. The van der Waals surface area contributed by atoms with E-state index in [4.69, 9.17) is 28.9 Å². The van der Waals surface area contributed by atoms with E-state index in [1.165, 1.54) is 0 Å². The highest BCUT2D eigenvalue weighted by molar-refractivity contribution is 6.33. The summed E-state index contributed by atoms with van der Waals surface area (Å²) in [7, 11) is 1.76. The van der Waals surface area contributed by atoms with E-state index in [1.54, 1.807) is 24.0 Å². The van der Waals surface area contributed by atoms with Gasteiger partial charge in [-0.15, -0.1) is 10.2 Å². The molecule has 0 aliphatic carbocycles. The van der Waals surface area contributed by atoms with E-state index in [2.05, 4.69) is 15.3 Å². The summed E-state index contributed by atoms with van der Waals surface area (Å²) < 4.78 is 1.61. The molecule has 0 saturated carbocycles. The van der Waals surface area contributed by atoms with Crippen LogP contribution in [0.5, 0.6) is 0 Å². The van der Waals surface area contributed by atoms with E-state index in [1.807, 2.05) is 0 Å². The lowest BCUT2D eigenvalue weighted by molar-refractivity contribution is 0.775. The zero-order chi connectivity index (χ0) is 11.0. The number of hydrogen-bond donors (Lipinski definition) is 1. The van der Waals surface area contributed by atoms with Crippen LogP contribution in [-0.2, 0) is 7.05 Å². The Bertz CT molecular complexity index is 488. The van der Waals surface area contributed by atoms with Gasteiger partial charge in [-0.3, -0.25) is 4.68 Å². The van der Waals surface area contributed by atoms with Crippen LogP contribution in [0.25, 0.3) is 11.3 Å². The van der Waals surface area contributed by atoms with Crippen molar-refractivity contribution in [3.63, 3.8) is 0 Å². The van der Waals surface area contributed by atoms with Gasteiger partial charge in [-0.25, -0.2) is 0 Å². The summed E-state index contributed by atoms with van der Waals surface area (Å²) in [6.45, 7) is 0. The van der Waals surface area contributed by atoms with Crippen LogP contribution in [0.4, 0.5) is 5.69 Å². The monoisotopic (exact) mass is 243 g/mol. The lowest BCUT2D eigenvalue weighted by Crippen LogP contribution is -1.98. The highest BCUT2D eigenvalue weighted by atomic mass is 35.5. The Labute approximate surface area is 95.8 Å². The molecule has 5 nitrogen and oxygen atoms in total. The molecule has 0 aliphatic rings. The Morgan fingerprint density at radius 1 is 1.33 bits per heavy atom. The molecule has 0 aliphatic heterocycles. The third-order valence-corrected chi connectivity index (χ3v) is 2.41. The molecule has 0 unspecified atom stereocenters. The molecule has 2 rings (SSSR count). The average Bonchev–Trinajstić information content (AvgIpc) is 2.51. The van der Waals surface area contributed by atoms with Gasteiger partial charge in [0.2, 0.25) is 0 Å². The number of anilines is 1. The highest BCUT2D eigenvalue weighted by Crippen LogP contribution is 2.30. The molecule has 0 spiro atoms. The van der Waals surface area contributed by atoms with Gasteiger partial charge in [0.25, 0.3) is 0 Å². The third kappa shape index (κ3) is 1.75. The number of nitrogens with two attached hydrogens (primary N) is 1. The average molecular weight is 244 g/mol. The van der Waals surface area contributed by atoms with E-state index in [9.17, 15) is 0 Å². The second kappa shape index (κ2) is 3.67. The molecule has 0 saturated heterocycles. The summed E-state index contributed by atoms with van der Waals surface area (Å²) in [5.41, 5.74) is 7.57. The summed E-state index contributed by atoms with van der Waals surface area (Å²) in [4.78, 5) is 0. The largest absolute Gasteiger partial charge is 0.396 e. The van der Waals surface area contributed by atoms with Crippen LogP contribution in [-0.4, -0.2) is 20.0 Å². The van der Waals surface area contributed by atoms with Gasteiger partial charge in [-0.1, -0.05) is 23.2 Å². The Morgan fingerprint density at radius 3 is 2.67 bits per heavy atom. The molecule has 2 aromatic rings. The lowest BCUT2D eigenvalue weighted by atomic mass is 10.2. The van der Waals surface area contributed by atoms with Gasteiger partial charge in [0.05, 0.1) is 17.6 Å². The normalized spacial score (nSPS) is 10.6. The summed E-state index contributed by atoms with van der Waals surface area (Å²) in [6, 6.07) is 1.60. The molecule has 2 N–H and O–H groups in total. The Kier molecular flexibility index (Phi) is 2.50. The van der Waals surface area contributed by atoms with Crippen molar-refractivity contribution in [1.82, 2.24) is 20.0 Å². The molecule has 0 atom stereocenters. The van der Waals surface area contributed by atoms with Crippen molar-refractivity contribution >= 4 is 28.9 Å². The van der Waals surface area contributed by atoms with Crippen LogP contribution >= 0.6 is 23.2 Å². The summed E-state index contributed by atoms with van der Waals surface area (Å²) in [5.74, 6) is 0. The SMILES string of the molecule is Cn1ncc(N)c1-c1cc(Cl)nnc1Cl. The second-order valence-corrected chi connectivity index (χ2v) is 3.69. The molecule has 78 valence electrons. The van der Waals surface area contributed by atoms with Gasteiger partial charge in [0.1, 0.15) is 0 Å². The number of nitrogens with zero attached hydrogens (tertiary/aromatic N) is 4. The van der Waals surface area contributed by atoms with Crippen molar-refractivity contribution in [2.24, 2.45) is 7.05 Å². The molecule has 15 heavy (non-hydrogen) atoms. The van der Waals surface area contributed by atoms with E-state index in [0.717, 1.165) is 0 Å². The molecule has 0 bridgehead atoms. The van der Waals surface area contributed by atoms with Crippen LogP contribution in [0.3, 0.4) is 0 Å². The van der Waals surface area contributed by atoms with E-state index >= 15 is 0 Å². The number of halogens is 2. The van der Waals surface area contributed by atoms with Crippen molar-refractivity contribution in [2.75, 3.05) is 5.73 Å². The third-order valence-electron chi connectivity index (χ3n) is 1.94. The first-order valence-corrected chi connectivity index (χ1v) is 4.81. The number of aromatic nitrogens is 4. The molecular formula is C8H7Cl2N5. The fraction of sp³-hybridized carbons (Fsp3) is 0.125. The van der Waals surface area contributed by atoms with Gasteiger partial charge < -0.3 is 5.73 Å². The molecule has 0 fully saturated rings. The van der Waals surface area contributed by atoms with Gasteiger partial charge >= 0.3 is 0 Å². The first-order valence-electron chi connectivity index (χ1n) is 4.06. The minimum Gasteiger partial charge on any atom is -0.396 e. The van der Waals surface area contributed by atoms with Crippen LogP contribution in [0, 0.1) is 0 Å². The quantitative estimate of drug-likeness (QED) is 0.829. The Balaban J connectivity index is 2.68. The zero-order valence-corrected chi connectivity index (χ0v) is 9.29. The van der Waals surface area contributed by atoms with E-state index in [0.29, 0.717) is 16.9 Å². The maximum Gasteiger partial charge on any atom is 0.161 e. The molecule has 0 radical (unpaired) electrons. The zero-order valence-electron chi connectivity index (χ0n) is 7.78. The number of hydrogen-bond acceptors (Lipinski definition) is 4. The molecule has 2 aromatic heterocycles. The predicted octanol–water partition coefficient (Wildman–Crippen LogP) is 1.77. The minimum atomic E-state index is 0.245. The standard InChI is InChI=1S/C8H7Cl2N5/c1-15-7(5(11)3-12-15)4-2-6(9)13-14-8(4)10/h2-3H,11H2,1H3. The number of nitrogen functional groups attached to an aromatic ring is 1. The minimum absolute atomic E-state index is 0.245. The molecule has 0 aromatic carbocycles. The van der Waals surface area contributed by atoms with Crippen LogP contribution < -0.4 is 5.73 Å². The van der Waals surface area contributed by atoms with Gasteiger partial charge in [0, 0.05) is 12.6 Å². The number of aryl methyl sites for hydroxylation is 1. The van der Waals surface area contributed by atoms with Gasteiger partial charge in [-0.2, -0.15) is 5.10 Å². The van der Waals surface area contributed by atoms with Crippen molar-refractivity contribution in [1.29, 1.82) is 0 Å². The van der Waals surface area contributed by atoms with Crippen molar-refractivity contribution in [3.8, 4) is 11.3 Å².